The molecule has 214 valence electrons. The number of esters is 1. The molecule has 1 fully saturated rings. The number of ketones is 1. The van der Waals surface area contributed by atoms with E-state index in [1.54, 1.807) is 24.3 Å². The van der Waals surface area contributed by atoms with Crippen LogP contribution in [0.5, 0.6) is 0 Å². The number of hydrogen-bond acceptors (Lipinski definition) is 5. The molecule has 1 saturated carbocycles. The Morgan fingerprint density at radius 2 is 1.54 bits per heavy atom. The number of hydrogen-bond donors (Lipinski definition) is 1. The Labute approximate surface area is 244 Å². The Morgan fingerprint density at radius 3 is 2.15 bits per heavy atom. The molecule has 0 aromatic heterocycles. The second-order valence-electron chi connectivity index (χ2n) is 11.4. The van der Waals surface area contributed by atoms with Crippen LogP contribution < -0.4 is 5.32 Å². The van der Waals surface area contributed by atoms with Crippen LogP contribution in [0.3, 0.4) is 0 Å². The summed E-state index contributed by atoms with van der Waals surface area (Å²) in [6.07, 6.45) is 9.30. The molecular formula is C36H42N2O3. The van der Waals surface area contributed by atoms with Gasteiger partial charge in [0.05, 0.1) is 23.7 Å². The zero-order valence-corrected chi connectivity index (χ0v) is 24.4. The summed E-state index contributed by atoms with van der Waals surface area (Å²) < 4.78 is 6.09. The van der Waals surface area contributed by atoms with E-state index in [4.69, 9.17) is 10.00 Å². The second kappa shape index (κ2) is 14.8. The second-order valence-corrected chi connectivity index (χ2v) is 11.4. The van der Waals surface area contributed by atoms with Crippen molar-refractivity contribution in [3.8, 4) is 17.2 Å². The number of benzene rings is 3. The van der Waals surface area contributed by atoms with Crippen LogP contribution >= 0.6 is 0 Å². The Balaban J connectivity index is 1.44. The van der Waals surface area contributed by atoms with Crippen LogP contribution in [-0.4, -0.2) is 24.3 Å². The van der Waals surface area contributed by atoms with E-state index < -0.39 is 12.1 Å². The van der Waals surface area contributed by atoms with Gasteiger partial charge in [0.15, 0.2) is 5.78 Å². The van der Waals surface area contributed by atoms with Crippen molar-refractivity contribution in [1.29, 1.82) is 5.26 Å². The van der Waals surface area contributed by atoms with Gasteiger partial charge in [-0.3, -0.25) is 4.79 Å². The lowest BCUT2D eigenvalue weighted by Crippen LogP contribution is -2.44. The molecule has 0 spiro atoms. The van der Waals surface area contributed by atoms with Gasteiger partial charge in [0.2, 0.25) is 0 Å². The normalized spacial score (nSPS) is 15.8. The number of Topliss-reactive ketones (excluding diaryl/α,β-unsaturated/α-hetero) is 1. The lowest BCUT2D eigenvalue weighted by atomic mass is 9.68. The highest BCUT2D eigenvalue weighted by Crippen LogP contribution is 2.41. The van der Waals surface area contributed by atoms with Gasteiger partial charge in [-0.1, -0.05) is 100 Å². The number of unbranched alkanes of at least 4 members (excludes halogenated alkanes) is 2. The van der Waals surface area contributed by atoms with E-state index in [0.29, 0.717) is 16.9 Å². The van der Waals surface area contributed by atoms with Gasteiger partial charge in [0.25, 0.3) is 0 Å². The first-order chi connectivity index (χ1) is 20.0. The largest absolute Gasteiger partial charge is 0.452 e. The van der Waals surface area contributed by atoms with Crippen molar-refractivity contribution < 1.29 is 14.3 Å². The molecule has 0 radical (unpaired) electrons. The molecule has 3 aromatic rings. The molecule has 3 aromatic carbocycles. The van der Waals surface area contributed by atoms with Gasteiger partial charge in [-0.05, 0) is 67.1 Å². The number of ether oxygens (including phenoxy) is 1. The molecule has 1 N–H and O–H groups in total. The minimum Gasteiger partial charge on any atom is -0.452 e. The minimum absolute atomic E-state index is 0.213. The molecule has 0 heterocycles. The SMILES string of the molecule is CCCCCC1(C(=O)CN[C@H](C)[C@H](OC(=O)c2ccc(-c3ccc(C#N)cc3)cc2)c2ccccc2)CCCCC1. The quantitative estimate of drug-likeness (QED) is 0.171. The van der Waals surface area contributed by atoms with Crippen LogP contribution in [0.1, 0.15) is 99.2 Å². The van der Waals surface area contributed by atoms with Gasteiger partial charge >= 0.3 is 5.97 Å². The third kappa shape index (κ3) is 7.93. The summed E-state index contributed by atoms with van der Waals surface area (Å²) in [4.78, 5) is 26.9. The lowest BCUT2D eigenvalue weighted by Gasteiger charge is -2.37. The van der Waals surface area contributed by atoms with Crippen molar-refractivity contribution in [2.75, 3.05) is 6.54 Å². The molecule has 1 aliphatic rings. The van der Waals surface area contributed by atoms with Gasteiger partial charge < -0.3 is 10.1 Å². The van der Waals surface area contributed by atoms with E-state index in [9.17, 15) is 9.59 Å². The van der Waals surface area contributed by atoms with E-state index in [0.717, 1.165) is 61.6 Å². The van der Waals surface area contributed by atoms with Gasteiger partial charge in [-0.25, -0.2) is 4.79 Å². The number of nitriles is 1. The molecule has 4 rings (SSSR count). The predicted octanol–water partition coefficient (Wildman–Crippen LogP) is 8.20. The first kappa shape index (κ1) is 30.2. The highest BCUT2D eigenvalue weighted by Gasteiger charge is 2.38. The molecule has 0 saturated heterocycles. The number of carbonyl (C=O) groups excluding carboxylic acids is 2. The molecule has 5 heteroatoms. The summed E-state index contributed by atoms with van der Waals surface area (Å²) in [6.45, 7) is 4.47. The first-order valence-corrected chi connectivity index (χ1v) is 15.1. The maximum atomic E-state index is 13.6. The van der Waals surface area contributed by atoms with Crippen LogP contribution in [0.2, 0.25) is 0 Å². The van der Waals surface area contributed by atoms with Crippen molar-refractivity contribution >= 4 is 11.8 Å². The van der Waals surface area contributed by atoms with Crippen molar-refractivity contribution in [2.24, 2.45) is 5.41 Å². The first-order valence-electron chi connectivity index (χ1n) is 15.1. The fraction of sp³-hybridized carbons (Fsp3) is 0.417. The van der Waals surface area contributed by atoms with E-state index in [-0.39, 0.29) is 18.0 Å². The highest BCUT2D eigenvalue weighted by molar-refractivity contribution is 5.90. The Hall–Kier alpha value is -3.75. The van der Waals surface area contributed by atoms with Gasteiger partial charge in [-0.15, -0.1) is 0 Å². The maximum Gasteiger partial charge on any atom is 0.338 e. The summed E-state index contributed by atoms with van der Waals surface area (Å²) >= 11 is 0. The van der Waals surface area contributed by atoms with Crippen molar-refractivity contribution in [1.82, 2.24) is 5.32 Å². The van der Waals surface area contributed by atoms with Crippen molar-refractivity contribution in [3.63, 3.8) is 0 Å². The van der Waals surface area contributed by atoms with Crippen LogP contribution in [0.25, 0.3) is 11.1 Å². The van der Waals surface area contributed by atoms with E-state index in [1.807, 2.05) is 61.5 Å². The molecule has 5 nitrogen and oxygen atoms in total. The molecule has 2 atom stereocenters. The summed E-state index contributed by atoms with van der Waals surface area (Å²) in [7, 11) is 0. The molecule has 0 amide bonds. The van der Waals surface area contributed by atoms with Gasteiger partial charge in [-0.2, -0.15) is 5.26 Å². The number of nitrogens with zero attached hydrogens (tertiary/aromatic N) is 1. The Bertz CT molecular complexity index is 1300. The Morgan fingerprint density at radius 1 is 0.902 bits per heavy atom. The zero-order chi connectivity index (χ0) is 29.1. The van der Waals surface area contributed by atoms with Crippen molar-refractivity contribution in [3.05, 3.63) is 95.6 Å². The number of rotatable bonds is 13. The summed E-state index contributed by atoms with van der Waals surface area (Å²) in [5.41, 5.74) is 3.67. The molecule has 0 bridgehead atoms. The number of carbonyl (C=O) groups is 2. The minimum atomic E-state index is -0.544. The van der Waals surface area contributed by atoms with Crippen molar-refractivity contribution in [2.45, 2.75) is 83.8 Å². The lowest BCUT2D eigenvalue weighted by molar-refractivity contribution is -0.130. The maximum absolute atomic E-state index is 13.6. The van der Waals surface area contributed by atoms with Crippen LogP contribution in [0.15, 0.2) is 78.9 Å². The molecular weight excluding hydrogens is 508 g/mol. The standard InChI is InChI=1S/C36H42N2O3/c1-3-4-9-22-36(23-10-6-11-24-36)33(39)26-38-27(2)34(31-12-7-5-8-13-31)41-35(40)32-20-18-30(19-21-32)29-16-14-28(25-37)15-17-29/h5,7-8,12-21,27,34,38H,3-4,6,9-11,22-24,26H2,1-2H3/t27-,34+/m1/s1. The topological polar surface area (TPSA) is 79.2 Å². The average Bonchev–Trinajstić information content (AvgIpc) is 3.03. The van der Waals surface area contributed by atoms with Crippen LogP contribution in [0.4, 0.5) is 0 Å². The fourth-order valence-corrected chi connectivity index (χ4v) is 5.98. The number of nitrogens with one attached hydrogen (secondary N) is 1. The van der Waals surface area contributed by atoms with E-state index >= 15 is 0 Å². The summed E-state index contributed by atoms with van der Waals surface area (Å²) in [5.74, 6) is -0.106. The summed E-state index contributed by atoms with van der Waals surface area (Å²) in [5, 5.41) is 12.5. The monoisotopic (exact) mass is 550 g/mol. The van der Waals surface area contributed by atoms with E-state index in [2.05, 4.69) is 18.3 Å². The van der Waals surface area contributed by atoms with E-state index in [1.165, 1.54) is 12.8 Å². The highest BCUT2D eigenvalue weighted by atomic mass is 16.5. The molecule has 0 aliphatic heterocycles. The smallest absolute Gasteiger partial charge is 0.338 e. The summed E-state index contributed by atoms with van der Waals surface area (Å²) in [6, 6.07) is 26.3. The molecule has 0 unspecified atom stereocenters. The van der Waals surface area contributed by atoms with Gasteiger partial charge in [0.1, 0.15) is 6.10 Å². The molecule has 1 aliphatic carbocycles. The average molecular weight is 551 g/mol. The fourth-order valence-electron chi connectivity index (χ4n) is 5.98. The van der Waals surface area contributed by atoms with Gasteiger partial charge in [0, 0.05) is 11.5 Å². The molecule has 41 heavy (non-hydrogen) atoms. The predicted molar refractivity (Wildman–Crippen MR) is 163 cm³/mol. The van der Waals surface area contributed by atoms with Crippen LogP contribution in [0, 0.1) is 16.7 Å². The Kier molecular flexibility index (Phi) is 10.9. The third-order valence-electron chi connectivity index (χ3n) is 8.53. The van der Waals surface area contributed by atoms with Crippen LogP contribution in [-0.2, 0) is 9.53 Å². The third-order valence-corrected chi connectivity index (χ3v) is 8.53. The zero-order valence-electron chi connectivity index (χ0n) is 24.4.